The van der Waals surface area contributed by atoms with E-state index in [0.29, 0.717) is 18.4 Å². The first-order valence-corrected chi connectivity index (χ1v) is 9.06. The number of halogens is 1. The highest BCUT2D eigenvalue weighted by Crippen LogP contribution is 2.35. The molecule has 0 atom stereocenters. The molecule has 3 rings (SSSR count). The second-order valence-electron chi connectivity index (χ2n) is 6.22. The summed E-state index contributed by atoms with van der Waals surface area (Å²) in [6.07, 6.45) is 10.6. The third-order valence-corrected chi connectivity index (χ3v) is 4.80. The Hall–Kier alpha value is -1.87. The van der Waals surface area contributed by atoms with Crippen molar-refractivity contribution in [1.29, 1.82) is 0 Å². The quantitative estimate of drug-likeness (QED) is 0.712. The van der Waals surface area contributed by atoms with Gasteiger partial charge in [-0.1, -0.05) is 29.8 Å². The lowest BCUT2D eigenvalue weighted by atomic mass is 9.81. The van der Waals surface area contributed by atoms with Gasteiger partial charge in [0.05, 0.1) is 6.61 Å². The summed E-state index contributed by atoms with van der Waals surface area (Å²) in [6.45, 7) is 2.67. The highest BCUT2D eigenvalue weighted by molar-refractivity contribution is 6.25. The van der Waals surface area contributed by atoms with Gasteiger partial charge in [-0.15, -0.1) is 0 Å². The van der Waals surface area contributed by atoms with Crippen LogP contribution < -0.4 is 4.74 Å². The van der Waals surface area contributed by atoms with E-state index in [1.165, 1.54) is 0 Å². The number of hydrogen-bond donors (Lipinski definition) is 0. The summed E-state index contributed by atoms with van der Waals surface area (Å²) < 4.78 is 5.48. The molecular weight excluding hydrogens is 320 g/mol. The van der Waals surface area contributed by atoms with Crippen LogP contribution in [0.2, 0.25) is 0 Å². The van der Waals surface area contributed by atoms with Crippen LogP contribution in [-0.4, -0.2) is 16.6 Å². The first kappa shape index (κ1) is 17.0. The molecule has 1 aliphatic rings. The molecule has 0 saturated heterocycles. The molecule has 4 heteroatoms. The lowest BCUT2D eigenvalue weighted by molar-refractivity contribution is 0.340. The number of rotatable bonds is 5. The number of hydrogen-bond acceptors (Lipinski definition) is 3. The number of allylic oxidation sites excluding steroid dienone is 1. The molecule has 0 radical (unpaired) electrons. The predicted octanol–water partition coefficient (Wildman–Crippen LogP) is 5.57. The van der Waals surface area contributed by atoms with Crippen LogP contribution in [0.1, 0.15) is 44.3 Å². The fourth-order valence-electron chi connectivity index (χ4n) is 3.28. The minimum absolute atomic E-state index is 0.472. The highest BCUT2D eigenvalue weighted by Gasteiger charge is 2.22. The van der Waals surface area contributed by atoms with Crippen LogP contribution in [0.25, 0.3) is 11.1 Å². The summed E-state index contributed by atoms with van der Waals surface area (Å²) in [6, 6.07) is 8.07. The molecule has 126 valence electrons. The van der Waals surface area contributed by atoms with Gasteiger partial charge in [0, 0.05) is 29.4 Å². The molecule has 1 aromatic heterocycles. The van der Waals surface area contributed by atoms with E-state index in [9.17, 15) is 0 Å². The van der Waals surface area contributed by atoms with Crippen molar-refractivity contribution < 1.29 is 4.74 Å². The Morgan fingerprint density at radius 3 is 2.29 bits per heavy atom. The first-order chi connectivity index (χ1) is 11.8. The third kappa shape index (κ3) is 4.15. The minimum atomic E-state index is 0.472. The van der Waals surface area contributed by atoms with Crippen molar-refractivity contribution in [1.82, 2.24) is 9.97 Å². The second kappa shape index (κ2) is 8.29. The number of aromatic nitrogens is 2. The van der Waals surface area contributed by atoms with Gasteiger partial charge in [-0.05, 0) is 56.2 Å². The van der Waals surface area contributed by atoms with E-state index in [0.717, 1.165) is 48.4 Å². The van der Waals surface area contributed by atoms with Gasteiger partial charge in [0.25, 0.3) is 0 Å². The molecule has 0 spiro atoms. The van der Waals surface area contributed by atoms with E-state index in [1.54, 1.807) is 5.54 Å². The lowest BCUT2D eigenvalue weighted by Crippen LogP contribution is -2.13. The maximum atomic E-state index is 5.68. The Kier molecular flexibility index (Phi) is 5.86. The van der Waals surface area contributed by atoms with Gasteiger partial charge in [0.2, 0.25) is 0 Å². The van der Waals surface area contributed by atoms with Gasteiger partial charge < -0.3 is 4.74 Å². The van der Waals surface area contributed by atoms with Crippen LogP contribution in [-0.2, 0) is 0 Å². The SMILES string of the molecule is CCOc1ccc(-c2cnc(C3CCC(/C=C/Cl)CC3)nc2)cc1. The minimum Gasteiger partial charge on any atom is -0.494 e. The summed E-state index contributed by atoms with van der Waals surface area (Å²) in [5.74, 6) is 2.95. The van der Waals surface area contributed by atoms with Crippen LogP contribution in [0.15, 0.2) is 48.3 Å². The molecule has 2 aromatic rings. The standard InChI is InChI=1S/C20H23ClN2O/c1-2-24-19-9-7-16(8-10-19)18-13-22-20(23-14-18)17-5-3-15(4-6-17)11-12-21/h7-15,17H,2-6H2,1H3/b12-11+. The Morgan fingerprint density at radius 2 is 1.71 bits per heavy atom. The topological polar surface area (TPSA) is 35.0 Å². The van der Waals surface area contributed by atoms with Crippen molar-refractivity contribution in [3.05, 3.63) is 54.1 Å². The van der Waals surface area contributed by atoms with Gasteiger partial charge in [-0.3, -0.25) is 0 Å². The first-order valence-electron chi connectivity index (χ1n) is 8.62. The van der Waals surface area contributed by atoms with Crippen LogP contribution in [0.5, 0.6) is 5.75 Å². The van der Waals surface area contributed by atoms with Gasteiger partial charge in [-0.2, -0.15) is 0 Å². The zero-order valence-electron chi connectivity index (χ0n) is 14.0. The van der Waals surface area contributed by atoms with Crippen molar-refractivity contribution in [2.24, 2.45) is 5.92 Å². The molecule has 1 aliphatic carbocycles. The van der Waals surface area contributed by atoms with Gasteiger partial charge in [0.1, 0.15) is 11.6 Å². The maximum Gasteiger partial charge on any atom is 0.131 e. The Morgan fingerprint density at radius 1 is 1.04 bits per heavy atom. The maximum absolute atomic E-state index is 5.68. The summed E-state index contributed by atoms with van der Waals surface area (Å²) >= 11 is 5.68. The average molecular weight is 343 g/mol. The lowest BCUT2D eigenvalue weighted by Gasteiger charge is -2.25. The van der Waals surface area contributed by atoms with Crippen molar-refractivity contribution in [2.75, 3.05) is 6.61 Å². The molecule has 3 nitrogen and oxygen atoms in total. The van der Waals surface area contributed by atoms with Crippen molar-refractivity contribution in [3.8, 4) is 16.9 Å². The Bertz CT molecular complexity index is 659. The molecule has 0 aliphatic heterocycles. The van der Waals surface area contributed by atoms with Gasteiger partial charge >= 0.3 is 0 Å². The van der Waals surface area contributed by atoms with Gasteiger partial charge in [0.15, 0.2) is 0 Å². The molecule has 0 amide bonds. The van der Waals surface area contributed by atoms with E-state index in [1.807, 2.05) is 43.6 Å². The summed E-state index contributed by atoms with van der Waals surface area (Å²) in [7, 11) is 0. The average Bonchev–Trinajstić information content (AvgIpc) is 2.64. The molecule has 0 N–H and O–H groups in total. The van der Waals surface area contributed by atoms with E-state index in [2.05, 4.69) is 16.0 Å². The zero-order valence-corrected chi connectivity index (χ0v) is 14.7. The van der Waals surface area contributed by atoms with Crippen molar-refractivity contribution >= 4 is 11.6 Å². The molecule has 0 unspecified atom stereocenters. The fraction of sp³-hybridized carbons (Fsp3) is 0.400. The third-order valence-electron chi connectivity index (χ3n) is 4.65. The molecule has 24 heavy (non-hydrogen) atoms. The summed E-state index contributed by atoms with van der Waals surface area (Å²) in [5, 5.41) is 0. The Balaban J connectivity index is 1.65. The molecule has 1 fully saturated rings. The molecular formula is C20H23ClN2O. The molecule has 1 heterocycles. The van der Waals surface area contributed by atoms with Crippen LogP contribution >= 0.6 is 11.6 Å². The zero-order chi connectivity index (χ0) is 16.8. The van der Waals surface area contributed by atoms with Crippen molar-refractivity contribution in [2.45, 2.75) is 38.5 Å². The van der Waals surface area contributed by atoms with E-state index < -0.39 is 0 Å². The van der Waals surface area contributed by atoms with E-state index in [4.69, 9.17) is 16.3 Å². The second-order valence-corrected chi connectivity index (χ2v) is 6.47. The van der Waals surface area contributed by atoms with Gasteiger partial charge in [-0.25, -0.2) is 9.97 Å². The highest BCUT2D eigenvalue weighted by atomic mass is 35.5. The smallest absolute Gasteiger partial charge is 0.131 e. The number of nitrogens with zero attached hydrogens (tertiary/aromatic N) is 2. The number of ether oxygens (including phenoxy) is 1. The fourth-order valence-corrected chi connectivity index (χ4v) is 3.49. The largest absolute Gasteiger partial charge is 0.494 e. The van der Waals surface area contributed by atoms with E-state index in [-0.39, 0.29) is 0 Å². The normalized spacial score (nSPS) is 21.1. The molecule has 0 bridgehead atoms. The molecule has 1 saturated carbocycles. The Labute approximate surface area is 148 Å². The van der Waals surface area contributed by atoms with E-state index >= 15 is 0 Å². The van der Waals surface area contributed by atoms with Crippen LogP contribution in [0, 0.1) is 5.92 Å². The van der Waals surface area contributed by atoms with Crippen LogP contribution in [0.3, 0.4) is 0 Å². The molecule has 1 aromatic carbocycles. The van der Waals surface area contributed by atoms with Crippen LogP contribution in [0.4, 0.5) is 0 Å². The summed E-state index contributed by atoms with van der Waals surface area (Å²) in [4.78, 5) is 9.24. The summed E-state index contributed by atoms with van der Waals surface area (Å²) in [5.41, 5.74) is 3.80. The monoisotopic (exact) mass is 342 g/mol. The predicted molar refractivity (Wildman–Crippen MR) is 98.3 cm³/mol. The number of benzene rings is 1. The van der Waals surface area contributed by atoms with Crippen molar-refractivity contribution in [3.63, 3.8) is 0 Å².